The largest absolute Gasteiger partial charge is 0.323 e. The molecule has 1 aromatic carbocycles. The van der Waals surface area contributed by atoms with Crippen LogP contribution in [0.25, 0.3) is 0 Å². The second-order valence-electron chi connectivity index (χ2n) is 3.87. The molecule has 0 aromatic heterocycles. The first kappa shape index (κ1) is 9.60. The first-order valence-electron chi connectivity index (χ1n) is 4.96. The standard InChI is InChI=1S/C11H11ClO3/c12-10-3-1-2-9(4-10)11-13-5-8(6-14-11)7-15-11/h1-4,8H,5-7H2. The molecule has 0 amide bonds. The van der Waals surface area contributed by atoms with Crippen molar-refractivity contribution >= 4 is 11.6 Å². The molecule has 4 heteroatoms. The van der Waals surface area contributed by atoms with E-state index < -0.39 is 5.97 Å². The third-order valence-corrected chi connectivity index (χ3v) is 2.94. The summed E-state index contributed by atoms with van der Waals surface area (Å²) in [6.45, 7) is 2.06. The molecular formula is C11H11ClO3. The topological polar surface area (TPSA) is 27.7 Å². The molecule has 3 fully saturated rings. The van der Waals surface area contributed by atoms with E-state index in [1.807, 2.05) is 24.3 Å². The second kappa shape index (κ2) is 3.46. The van der Waals surface area contributed by atoms with E-state index in [4.69, 9.17) is 25.8 Å². The van der Waals surface area contributed by atoms with Crippen molar-refractivity contribution in [3.63, 3.8) is 0 Å². The van der Waals surface area contributed by atoms with Crippen molar-refractivity contribution in [2.45, 2.75) is 5.97 Å². The van der Waals surface area contributed by atoms with Gasteiger partial charge in [-0.15, -0.1) is 0 Å². The summed E-state index contributed by atoms with van der Waals surface area (Å²) in [5.74, 6) is -0.648. The molecule has 0 unspecified atom stereocenters. The average Bonchev–Trinajstić information content (AvgIpc) is 2.31. The summed E-state index contributed by atoms with van der Waals surface area (Å²) in [5.41, 5.74) is 0.827. The number of halogens is 1. The van der Waals surface area contributed by atoms with Gasteiger partial charge in [-0.2, -0.15) is 0 Å². The van der Waals surface area contributed by atoms with Crippen LogP contribution in [0.15, 0.2) is 24.3 Å². The van der Waals surface area contributed by atoms with Crippen LogP contribution < -0.4 is 0 Å². The van der Waals surface area contributed by atoms with Gasteiger partial charge in [-0.3, -0.25) is 0 Å². The summed E-state index contributed by atoms with van der Waals surface area (Å²) in [5, 5.41) is 0.658. The minimum Gasteiger partial charge on any atom is -0.323 e. The van der Waals surface area contributed by atoms with Crippen molar-refractivity contribution in [1.29, 1.82) is 0 Å². The van der Waals surface area contributed by atoms with E-state index in [0.717, 1.165) is 5.56 Å². The third kappa shape index (κ3) is 1.56. The molecule has 0 aliphatic carbocycles. The highest BCUT2D eigenvalue weighted by molar-refractivity contribution is 6.30. The van der Waals surface area contributed by atoms with Crippen LogP contribution in [0.5, 0.6) is 0 Å². The molecule has 4 rings (SSSR count). The van der Waals surface area contributed by atoms with E-state index in [9.17, 15) is 0 Å². The Hall–Kier alpha value is -0.610. The molecule has 3 saturated heterocycles. The summed E-state index contributed by atoms with van der Waals surface area (Å²) >= 11 is 5.93. The molecule has 3 aliphatic heterocycles. The van der Waals surface area contributed by atoms with E-state index in [2.05, 4.69) is 0 Å². The molecule has 0 N–H and O–H groups in total. The SMILES string of the molecule is Clc1cccc(C23OCC(CO2)CO3)c1. The van der Waals surface area contributed by atoms with Gasteiger partial charge in [0.2, 0.25) is 0 Å². The average molecular weight is 227 g/mol. The Balaban J connectivity index is 1.97. The van der Waals surface area contributed by atoms with Crippen LogP contribution in [-0.4, -0.2) is 19.8 Å². The molecule has 0 radical (unpaired) electrons. The lowest BCUT2D eigenvalue weighted by molar-refractivity contribution is -0.460. The fourth-order valence-electron chi connectivity index (χ4n) is 1.88. The normalized spacial score (nSPS) is 34.3. The lowest BCUT2D eigenvalue weighted by atomic mass is 10.1. The van der Waals surface area contributed by atoms with Gasteiger partial charge in [-0.1, -0.05) is 23.7 Å². The molecular weight excluding hydrogens is 216 g/mol. The van der Waals surface area contributed by atoms with Crippen LogP contribution in [0.4, 0.5) is 0 Å². The van der Waals surface area contributed by atoms with Crippen LogP contribution in [-0.2, 0) is 20.2 Å². The Labute approximate surface area is 92.9 Å². The smallest absolute Gasteiger partial charge is 0.312 e. The third-order valence-electron chi connectivity index (χ3n) is 2.71. The fraction of sp³-hybridized carbons (Fsp3) is 0.455. The zero-order chi connectivity index (χ0) is 10.3. The van der Waals surface area contributed by atoms with Crippen molar-refractivity contribution in [3.05, 3.63) is 34.9 Å². The summed E-state index contributed by atoms with van der Waals surface area (Å²) in [6, 6.07) is 7.39. The quantitative estimate of drug-likeness (QED) is 0.735. The maximum Gasteiger partial charge on any atom is 0.312 e. The number of rotatable bonds is 1. The van der Waals surface area contributed by atoms with Gasteiger partial charge in [0, 0.05) is 16.5 Å². The summed E-state index contributed by atoms with van der Waals surface area (Å²) in [4.78, 5) is 0. The van der Waals surface area contributed by atoms with Crippen LogP contribution in [0.2, 0.25) is 5.02 Å². The van der Waals surface area contributed by atoms with Crippen LogP contribution in [0.1, 0.15) is 5.56 Å². The first-order chi connectivity index (χ1) is 7.28. The molecule has 0 spiro atoms. The maximum atomic E-state index is 5.93. The highest BCUT2D eigenvalue weighted by Crippen LogP contribution is 2.39. The minimum atomic E-state index is -1.01. The Bertz CT molecular complexity index is 358. The van der Waals surface area contributed by atoms with Crippen molar-refractivity contribution in [1.82, 2.24) is 0 Å². The Morgan fingerprint density at radius 1 is 1.13 bits per heavy atom. The predicted octanol–water partition coefficient (Wildman–Crippen LogP) is 2.14. The molecule has 2 bridgehead atoms. The van der Waals surface area contributed by atoms with Gasteiger partial charge in [0.15, 0.2) is 0 Å². The monoisotopic (exact) mass is 226 g/mol. The summed E-state index contributed by atoms with van der Waals surface area (Å²) < 4.78 is 16.8. The summed E-state index contributed by atoms with van der Waals surface area (Å²) in [6.07, 6.45) is 0. The van der Waals surface area contributed by atoms with Crippen molar-refractivity contribution in [2.75, 3.05) is 19.8 Å². The molecule has 0 atom stereocenters. The molecule has 3 nitrogen and oxygen atoms in total. The van der Waals surface area contributed by atoms with Crippen molar-refractivity contribution in [2.24, 2.45) is 5.92 Å². The van der Waals surface area contributed by atoms with E-state index in [-0.39, 0.29) is 0 Å². The van der Waals surface area contributed by atoms with Gasteiger partial charge in [0.1, 0.15) is 0 Å². The lowest BCUT2D eigenvalue weighted by Gasteiger charge is -2.45. The highest BCUT2D eigenvalue weighted by Gasteiger charge is 2.46. The van der Waals surface area contributed by atoms with Gasteiger partial charge >= 0.3 is 5.97 Å². The van der Waals surface area contributed by atoms with Gasteiger partial charge in [-0.05, 0) is 12.1 Å². The zero-order valence-electron chi connectivity index (χ0n) is 8.11. The number of benzene rings is 1. The number of fused-ring (bicyclic) bond motifs is 3. The predicted molar refractivity (Wildman–Crippen MR) is 54.5 cm³/mol. The molecule has 0 saturated carbocycles. The molecule has 3 aliphatic rings. The fourth-order valence-corrected chi connectivity index (χ4v) is 2.07. The molecule has 80 valence electrons. The molecule has 15 heavy (non-hydrogen) atoms. The van der Waals surface area contributed by atoms with Crippen molar-refractivity contribution in [3.8, 4) is 0 Å². The van der Waals surface area contributed by atoms with E-state index in [1.54, 1.807) is 0 Å². The first-order valence-corrected chi connectivity index (χ1v) is 5.34. The second-order valence-corrected chi connectivity index (χ2v) is 4.30. The number of ether oxygens (including phenoxy) is 3. The van der Waals surface area contributed by atoms with Gasteiger partial charge < -0.3 is 14.2 Å². The van der Waals surface area contributed by atoms with E-state index in [0.29, 0.717) is 30.8 Å². The minimum absolute atomic E-state index is 0.367. The number of hydrogen-bond donors (Lipinski definition) is 0. The van der Waals surface area contributed by atoms with E-state index in [1.165, 1.54) is 0 Å². The van der Waals surface area contributed by atoms with Gasteiger partial charge in [0.05, 0.1) is 19.8 Å². The maximum absolute atomic E-state index is 5.93. The van der Waals surface area contributed by atoms with Gasteiger partial charge in [0.25, 0.3) is 0 Å². The Morgan fingerprint density at radius 2 is 1.80 bits per heavy atom. The Kier molecular flexibility index (Phi) is 2.21. The lowest BCUT2D eigenvalue weighted by Crippen LogP contribution is -2.51. The highest BCUT2D eigenvalue weighted by atomic mass is 35.5. The summed E-state index contributed by atoms with van der Waals surface area (Å²) in [7, 11) is 0. The zero-order valence-corrected chi connectivity index (χ0v) is 8.87. The van der Waals surface area contributed by atoms with Crippen molar-refractivity contribution < 1.29 is 14.2 Å². The van der Waals surface area contributed by atoms with Crippen LogP contribution in [0.3, 0.4) is 0 Å². The molecule has 1 aromatic rings. The van der Waals surface area contributed by atoms with Crippen LogP contribution >= 0.6 is 11.6 Å². The van der Waals surface area contributed by atoms with E-state index >= 15 is 0 Å². The number of hydrogen-bond acceptors (Lipinski definition) is 3. The van der Waals surface area contributed by atoms with Crippen LogP contribution in [0, 0.1) is 5.92 Å². The Morgan fingerprint density at radius 3 is 2.40 bits per heavy atom. The molecule has 3 heterocycles. The van der Waals surface area contributed by atoms with Gasteiger partial charge in [-0.25, -0.2) is 0 Å².